The van der Waals surface area contributed by atoms with Crippen molar-refractivity contribution < 1.29 is 15.3 Å². The fourth-order valence-electron chi connectivity index (χ4n) is 3.75. The molecule has 1 aliphatic rings. The Hall–Kier alpha value is -4.05. The molecule has 0 spiro atoms. The third-order valence-electron chi connectivity index (χ3n) is 6.16. The van der Waals surface area contributed by atoms with E-state index in [-0.39, 0.29) is 23.3 Å². The van der Waals surface area contributed by atoms with Gasteiger partial charge < -0.3 is 20.2 Å². The van der Waals surface area contributed by atoms with Crippen molar-refractivity contribution in [1.82, 2.24) is 19.8 Å². The molecule has 0 saturated heterocycles. The van der Waals surface area contributed by atoms with Gasteiger partial charge in [-0.2, -0.15) is 0 Å². The highest BCUT2D eigenvalue weighted by Crippen LogP contribution is 2.17. The van der Waals surface area contributed by atoms with Crippen LogP contribution >= 0.6 is 0 Å². The number of allylic oxidation sites excluding steroid dienone is 3. The molecule has 202 valence electrons. The molecule has 3 heterocycles. The van der Waals surface area contributed by atoms with Gasteiger partial charge in [-0.3, -0.25) is 19.9 Å². The molecule has 0 aliphatic carbocycles. The molecule has 10 heteroatoms. The number of aromatic hydroxyl groups is 2. The lowest BCUT2D eigenvalue weighted by molar-refractivity contribution is 0.288. The Morgan fingerprint density at radius 2 is 1.29 bits per heavy atom. The predicted octanol–water partition coefficient (Wildman–Crippen LogP) is 3.08. The molecule has 0 bridgehead atoms. The van der Waals surface area contributed by atoms with Gasteiger partial charge in [-0.15, -0.1) is 0 Å². The third-order valence-corrected chi connectivity index (χ3v) is 6.16. The number of aliphatic imine (C=N–C) groups is 3. The van der Waals surface area contributed by atoms with Crippen LogP contribution < -0.4 is 0 Å². The third kappa shape index (κ3) is 8.52. The topological polar surface area (TPSA) is 130 Å². The summed E-state index contributed by atoms with van der Waals surface area (Å²) in [5.41, 5.74) is 3.58. The molecule has 0 aromatic carbocycles. The van der Waals surface area contributed by atoms with E-state index in [0.717, 1.165) is 17.1 Å². The Morgan fingerprint density at radius 1 is 0.789 bits per heavy atom. The van der Waals surface area contributed by atoms with Gasteiger partial charge in [0.2, 0.25) is 0 Å². The molecular weight excluding hydrogens is 482 g/mol. The van der Waals surface area contributed by atoms with E-state index in [4.69, 9.17) is 0 Å². The van der Waals surface area contributed by atoms with E-state index in [2.05, 4.69) is 29.8 Å². The SMILES string of the molecule is CC1=CC=C(O)C(/C=N/CCN(CC/N=C/c2nc(C)ccc2O)CC/N=C/c2nc(C)ccc2O)N1C. The van der Waals surface area contributed by atoms with Gasteiger partial charge in [-0.1, -0.05) is 0 Å². The van der Waals surface area contributed by atoms with Crippen LogP contribution in [0.5, 0.6) is 11.5 Å². The van der Waals surface area contributed by atoms with Crippen molar-refractivity contribution in [3.63, 3.8) is 0 Å². The zero-order valence-electron chi connectivity index (χ0n) is 22.5. The lowest BCUT2D eigenvalue weighted by Gasteiger charge is -2.29. The second kappa shape index (κ2) is 14.0. The van der Waals surface area contributed by atoms with Crippen molar-refractivity contribution in [2.24, 2.45) is 15.0 Å². The number of nitrogens with zero attached hydrogens (tertiary/aromatic N) is 7. The molecule has 3 N–H and O–H groups in total. The normalized spacial score (nSPS) is 16.2. The fourth-order valence-corrected chi connectivity index (χ4v) is 3.75. The smallest absolute Gasteiger partial charge is 0.142 e. The number of hydrogen-bond donors (Lipinski definition) is 3. The predicted molar refractivity (Wildman–Crippen MR) is 152 cm³/mol. The van der Waals surface area contributed by atoms with Crippen LogP contribution in [-0.2, 0) is 0 Å². The van der Waals surface area contributed by atoms with Gasteiger partial charge in [0.1, 0.15) is 34.7 Å². The molecule has 1 aliphatic heterocycles. The minimum Gasteiger partial charge on any atom is -0.510 e. The summed E-state index contributed by atoms with van der Waals surface area (Å²) in [5.74, 6) is 0.467. The molecule has 2 aromatic rings. The molecule has 0 saturated carbocycles. The standard InChI is InChI=1S/C28H37N7O3/c1-20-5-8-26(36)23(32-20)17-29-11-14-35(15-12-30-18-24-27(37)9-6-21(2)33-24)16-13-31-19-25-28(38)10-7-22(3)34(25)4/h5-10,17-19,25,36-38H,11-16H2,1-4H3/b29-17+,30-18+,31-19+. The van der Waals surface area contributed by atoms with Crippen molar-refractivity contribution in [2.45, 2.75) is 26.8 Å². The Kier molecular flexibility index (Phi) is 10.5. The molecule has 2 aromatic heterocycles. The summed E-state index contributed by atoms with van der Waals surface area (Å²) < 4.78 is 0. The van der Waals surface area contributed by atoms with E-state index in [9.17, 15) is 15.3 Å². The van der Waals surface area contributed by atoms with Crippen LogP contribution in [0.25, 0.3) is 0 Å². The van der Waals surface area contributed by atoms with Crippen molar-refractivity contribution in [3.8, 4) is 11.5 Å². The van der Waals surface area contributed by atoms with Gasteiger partial charge >= 0.3 is 0 Å². The molecule has 1 unspecified atom stereocenters. The van der Waals surface area contributed by atoms with Gasteiger partial charge in [-0.25, -0.2) is 9.97 Å². The minimum absolute atomic E-state index is 0.1000. The first-order chi connectivity index (χ1) is 18.2. The van der Waals surface area contributed by atoms with Crippen molar-refractivity contribution >= 4 is 18.6 Å². The van der Waals surface area contributed by atoms with E-state index in [1.807, 2.05) is 38.8 Å². The summed E-state index contributed by atoms with van der Waals surface area (Å²) in [6.45, 7) is 9.31. The van der Waals surface area contributed by atoms with E-state index >= 15 is 0 Å². The lowest BCUT2D eigenvalue weighted by Crippen LogP contribution is -2.36. The Labute approximate surface area is 224 Å². The first-order valence-electron chi connectivity index (χ1n) is 12.6. The van der Waals surface area contributed by atoms with Crippen LogP contribution in [0, 0.1) is 13.8 Å². The number of hydrogen-bond acceptors (Lipinski definition) is 10. The van der Waals surface area contributed by atoms with Gasteiger partial charge in [0, 0.05) is 50.0 Å². The molecule has 10 nitrogen and oxygen atoms in total. The summed E-state index contributed by atoms with van der Waals surface area (Å²) in [4.78, 5) is 26.2. The van der Waals surface area contributed by atoms with Crippen LogP contribution in [0.15, 0.2) is 62.9 Å². The van der Waals surface area contributed by atoms with Crippen LogP contribution in [0.2, 0.25) is 0 Å². The number of pyridine rings is 2. The molecule has 38 heavy (non-hydrogen) atoms. The maximum atomic E-state index is 10.2. The summed E-state index contributed by atoms with van der Waals surface area (Å²) in [7, 11) is 1.93. The molecule has 0 amide bonds. The van der Waals surface area contributed by atoms with Crippen LogP contribution in [0.1, 0.15) is 29.7 Å². The maximum absolute atomic E-state index is 10.2. The summed E-state index contributed by atoms with van der Waals surface area (Å²) in [5, 5.41) is 30.2. The average Bonchev–Trinajstić information content (AvgIpc) is 2.89. The second-order valence-corrected chi connectivity index (χ2v) is 9.14. The molecule has 0 fully saturated rings. The van der Waals surface area contributed by atoms with E-state index in [1.54, 1.807) is 49.0 Å². The van der Waals surface area contributed by atoms with Gasteiger partial charge in [0.15, 0.2) is 0 Å². The lowest BCUT2D eigenvalue weighted by atomic mass is 10.1. The van der Waals surface area contributed by atoms with E-state index < -0.39 is 0 Å². The molecule has 0 radical (unpaired) electrons. The number of likely N-dealkylation sites (N-methyl/N-ethyl adjacent to an activating group) is 1. The highest BCUT2D eigenvalue weighted by molar-refractivity contribution is 5.81. The number of rotatable bonds is 12. The van der Waals surface area contributed by atoms with Crippen molar-refractivity contribution in [2.75, 3.05) is 46.3 Å². The summed E-state index contributed by atoms with van der Waals surface area (Å²) in [6.07, 6.45) is 8.53. The Balaban J connectivity index is 1.58. The van der Waals surface area contributed by atoms with Crippen LogP contribution in [-0.4, -0.2) is 106 Å². The van der Waals surface area contributed by atoms with E-state index in [0.29, 0.717) is 50.7 Å². The highest BCUT2D eigenvalue weighted by atomic mass is 16.3. The maximum Gasteiger partial charge on any atom is 0.142 e. The largest absolute Gasteiger partial charge is 0.510 e. The van der Waals surface area contributed by atoms with Crippen LogP contribution in [0.4, 0.5) is 0 Å². The minimum atomic E-state index is -0.272. The fraction of sp³-hybridized carbons (Fsp3) is 0.393. The Morgan fingerprint density at radius 3 is 1.82 bits per heavy atom. The molecular formula is C28H37N7O3. The number of aliphatic hydroxyl groups is 1. The average molecular weight is 520 g/mol. The zero-order valence-corrected chi connectivity index (χ0v) is 22.5. The number of aryl methyl sites for hydroxylation is 2. The number of aliphatic hydroxyl groups excluding tert-OH is 1. The molecule has 1 atom stereocenters. The summed E-state index contributed by atoms with van der Waals surface area (Å²) >= 11 is 0. The van der Waals surface area contributed by atoms with Crippen molar-refractivity contribution in [1.29, 1.82) is 0 Å². The second-order valence-electron chi connectivity index (χ2n) is 9.14. The van der Waals surface area contributed by atoms with Gasteiger partial charge in [0.05, 0.1) is 32.1 Å². The summed E-state index contributed by atoms with van der Waals surface area (Å²) in [6, 6.07) is 6.45. The quantitative estimate of drug-likeness (QED) is 0.368. The van der Waals surface area contributed by atoms with Crippen LogP contribution in [0.3, 0.4) is 0 Å². The highest BCUT2D eigenvalue weighted by Gasteiger charge is 2.19. The first-order valence-corrected chi connectivity index (χ1v) is 12.6. The Bertz CT molecular complexity index is 1170. The van der Waals surface area contributed by atoms with Gasteiger partial charge in [0.25, 0.3) is 0 Å². The monoisotopic (exact) mass is 519 g/mol. The number of aromatic nitrogens is 2. The van der Waals surface area contributed by atoms with E-state index in [1.165, 1.54) is 0 Å². The molecule has 3 rings (SSSR count). The van der Waals surface area contributed by atoms with Gasteiger partial charge in [-0.05, 0) is 57.2 Å². The zero-order chi connectivity index (χ0) is 27.5. The van der Waals surface area contributed by atoms with Crippen molar-refractivity contribution in [3.05, 3.63) is 70.6 Å². The first kappa shape index (κ1) is 28.5.